The third kappa shape index (κ3) is 2.00. The van der Waals surface area contributed by atoms with Gasteiger partial charge in [-0.1, -0.05) is 0 Å². The van der Waals surface area contributed by atoms with Crippen LogP contribution in [0.5, 0.6) is 0 Å². The highest BCUT2D eigenvalue weighted by Crippen LogP contribution is 2.42. The first-order valence-corrected chi connectivity index (χ1v) is 7.28. The Balaban J connectivity index is 1.80. The van der Waals surface area contributed by atoms with Crippen molar-refractivity contribution in [2.75, 3.05) is 5.73 Å². The minimum atomic E-state index is 0.101. The maximum Gasteiger partial charge on any atom is 0.154 e. The first kappa shape index (κ1) is 12.8. The molecule has 1 atom stereocenters. The zero-order valence-corrected chi connectivity index (χ0v) is 11.9. The van der Waals surface area contributed by atoms with Gasteiger partial charge in [0.2, 0.25) is 0 Å². The van der Waals surface area contributed by atoms with Crippen LogP contribution in [0.4, 0.5) is 5.82 Å². The molecule has 1 saturated carbocycles. The molecule has 0 aromatic carbocycles. The molecule has 3 aromatic heterocycles. The predicted octanol–water partition coefficient (Wildman–Crippen LogP) is 2.27. The SMILES string of the molecule is N#CC[C@@H](C1CC1)n1cc(-c2ncnc3[nH]ccc23)c(N)n1. The maximum atomic E-state index is 9.03. The van der Waals surface area contributed by atoms with E-state index in [9.17, 15) is 0 Å². The van der Waals surface area contributed by atoms with Crippen molar-refractivity contribution < 1.29 is 0 Å². The van der Waals surface area contributed by atoms with Gasteiger partial charge in [-0.15, -0.1) is 0 Å². The molecule has 1 aliphatic carbocycles. The molecule has 4 rings (SSSR count). The molecule has 0 radical (unpaired) electrons. The van der Waals surface area contributed by atoms with E-state index in [1.54, 1.807) is 0 Å². The molecular weight excluding hydrogens is 278 g/mol. The molecule has 7 heteroatoms. The fraction of sp³-hybridized carbons (Fsp3) is 0.333. The van der Waals surface area contributed by atoms with Gasteiger partial charge >= 0.3 is 0 Å². The molecule has 7 nitrogen and oxygen atoms in total. The van der Waals surface area contributed by atoms with E-state index >= 15 is 0 Å². The first-order valence-electron chi connectivity index (χ1n) is 7.28. The molecule has 0 spiro atoms. The Morgan fingerprint density at radius 3 is 3.09 bits per heavy atom. The number of nitrogens with one attached hydrogen (secondary N) is 1. The van der Waals surface area contributed by atoms with Crippen LogP contribution in [0, 0.1) is 17.2 Å². The second-order valence-electron chi connectivity index (χ2n) is 5.64. The molecule has 0 saturated heterocycles. The summed E-state index contributed by atoms with van der Waals surface area (Å²) in [4.78, 5) is 11.6. The average molecular weight is 293 g/mol. The molecule has 3 aromatic rings. The number of nitrogen functional groups attached to an aromatic ring is 1. The number of fused-ring (bicyclic) bond motifs is 1. The van der Waals surface area contributed by atoms with Crippen molar-refractivity contribution in [2.24, 2.45) is 5.92 Å². The highest BCUT2D eigenvalue weighted by Gasteiger charge is 2.33. The molecule has 110 valence electrons. The summed E-state index contributed by atoms with van der Waals surface area (Å²) < 4.78 is 1.84. The number of nitrogens with two attached hydrogens (primary N) is 1. The Labute approximate surface area is 126 Å². The molecule has 0 bridgehead atoms. The fourth-order valence-electron chi connectivity index (χ4n) is 2.90. The van der Waals surface area contributed by atoms with Crippen LogP contribution < -0.4 is 5.73 Å². The van der Waals surface area contributed by atoms with Gasteiger partial charge in [-0.3, -0.25) is 4.68 Å². The lowest BCUT2D eigenvalue weighted by atomic mass is 10.1. The molecular formula is C15H15N7. The fourth-order valence-corrected chi connectivity index (χ4v) is 2.90. The summed E-state index contributed by atoms with van der Waals surface area (Å²) in [5.41, 5.74) is 8.43. The summed E-state index contributed by atoms with van der Waals surface area (Å²) in [7, 11) is 0. The topological polar surface area (TPSA) is 109 Å². The standard InChI is InChI=1S/C15H15N7/c16-5-3-12(9-1-2-9)22-7-11(14(17)21-22)13-10-4-6-18-15(10)20-8-19-13/h4,6-9,12H,1-3H2,(H2,17,21)(H,18,19,20)/t12-/m0/s1. The molecule has 0 amide bonds. The quantitative estimate of drug-likeness (QED) is 0.766. The van der Waals surface area contributed by atoms with E-state index in [1.807, 2.05) is 23.1 Å². The van der Waals surface area contributed by atoms with E-state index in [1.165, 1.54) is 6.33 Å². The van der Waals surface area contributed by atoms with Crippen LogP contribution in [0.15, 0.2) is 24.8 Å². The van der Waals surface area contributed by atoms with E-state index in [4.69, 9.17) is 11.0 Å². The number of nitrogens with zero attached hydrogens (tertiary/aromatic N) is 5. The summed E-state index contributed by atoms with van der Waals surface area (Å²) >= 11 is 0. The van der Waals surface area contributed by atoms with Crippen molar-refractivity contribution in [1.29, 1.82) is 5.26 Å². The number of rotatable bonds is 4. The third-order valence-electron chi connectivity index (χ3n) is 4.18. The number of anilines is 1. The van der Waals surface area contributed by atoms with Gasteiger partial charge in [-0.2, -0.15) is 10.4 Å². The number of hydrogen-bond acceptors (Lipinski definition) is 5. The molecule has 3 N–H and O–H groups in total. The van der Waals surface area contributed by atoms with Crippen LogP contribution in [0.25, 0.3) is 22.3 Å². The summed E-state index contributed by atoms with van der Waals surface area (Å²) in [5, 5.41) is 14.4. The summed E-state index contributed by atoms with van der Waals surface area (Å²) in [5.74, 6) is 0.967. The Morgan fingerprint density at radius 1 is 1.45 bits per heavy atom. The van der Waals surface area contributed by atoms with Gasteiger partial charge in [0, 0.05) is 17.8 Å². The van der Waals surface area contributed by atoms with Gasteiger partial charge in [-0.25, -0.2) is 9.97 Å². The smallest absolute Gasteiger partial charge is 0.154 e. The summed E-state index contributed by atoms with van der Waals surface area (Å²) in [6, 6.07) is 4.28. The zero-order valence-electron chi connectivity index (χ0n) is 11.9. The van der Waals surface area contributed by atoms with Gasteiger partial charge in [0.1, 0.15) is 12.0 Å². The lowest BCUT2D eigenvalue weighted by Crippen LogP contribution is -2.11. The molecule has 1 fully saturated rings. The van der Waals surface area contributed by atoms with Crippen molar-refractivity contribution in [2.45, 2.75) is 25.3 Å². The minimum Gasteiger partial charge on any atom is -0.382 e. The van der Waals surface area contributed by atoms with Crippen molar-refractivity contribution in [3.8, 4) is 17.3 Å². The molecule has 0 unspecified atom stereocenters. The van der Waals surface area contributed by atoms with Gasteiger partial charge in [0.05, 0.1) is 29.8 Å². The highest BCUT2D eigenvalue weighted by atomic mass is 15.3. The van der Waals surface area contributed by atoms with Crippen LogP contribution in [-0.2, 0) is 0 Å². The van der Waals surface area contributed by atoms with E-state index in [0.29, 0.717) is 18.2 Å². The lowest BCUT2D eigenvalue weighted by Gasteiger charge is -2.12. The van der Waals surface area contributed by atoms with Crippen LogP contribution in [-0.4, -0.2) is 24.7 Å². The molecule has 22 heavy (non-hydrogen) atoms. The number of H-pyrrole nitrogens is 1. The van der Waals surface area contributed by atoms with E-state index < -0.39 is 0 Å². The van der Waals surface area contributed by atoms with Gasteiger partial charge in [0.15, 0.2) is 5.82 Å². The second-order valence-corrected chi connectivity index (χ2v) is 5.64. The first-order chi connectivity index (χ1) is 10.8. The number of aromatic amines is 1. The normalized spacial score (nSPS) is 15.8. The van der Waals surface area contributed by atoms with Crippen molar-refractivity contribution >= 4 is 16.9 Å². The second kappa shape index (κ2) is 4.84. The largest absolute Gasteiger partial charge is 0.382 e. The van der Waals surface area contributed by atoms with Gasteiger partial charge < -0.3 is 10.7 Å². The Hall–Kier alpha value is -2.88. The lowest BCUT2D eigenvalue weighted by molar-refractivity contribution is 0.413. The number of aromatic nitrogens is 5. The van der Waals surface area contributed by atoms with Crippen LogP contribution in [0.3, 0.4) is 0 Å². The Bertz CT molecular complexity index is 866. The maximum absolute atomic E-state index is 9.03. The molecule has 1 aliphatic rings. The van der Waals surface area contributed by atoms with Gasteiger partial charge in [0.25, 0.3) is 0 Å². The number of hydrogen-bond donors (Lipinski definition) is 2. The summed E-state index contributed by atoms with van der Waals surface area (Å²) in [6.07, 6.45) is 8.00. The van der Waals surface area contributed by atoms with Crippen LogP contribution in [0.2, 0.25) is 0 Å². The van der Waals surface area contributed by atoms with E-state index in [2.05, 4.69) is 26.1 Å². The van der Waals surface area contributed by atoms with E-state index in [0.717, 1.165) is 35.1 Å². The van der Waals surface area contributed by atoms with Crippen LogP contribution in [0.1, 0.15) is 25.3 Å². The molecule has 0 aliphatic heterocycles. The highest BCUT2D eigenvalue weighted by molar-refractivity contribution is 5.92. The third-order valence-corrected chi connectivity index (χ3v) is 4.18. The zero-order chi connectivity index (χ0) is 15.1. The van der Waals surface area contributed by atoms with Crippen molar-refractivity contribution in [1.82, 2.24) is 24.7 Å². The summed E-state index contributed by atoms with van der Waals surface area (Å²) in [6.45, 7) is 0. The number of nitriles is 1. The van der Waals surface area contributed by atoms with E-state index in [-0.39, 0.29) is 6.04 Å². The molecule has 3 heterocycles. The monoisotopic (exact) mass is 293 g/mol. The predicted molar refractivity (Wildman–Crippen MR) is 81.5 cm³/mol. The van der Waals surface area contributed by atoms with Crippen molar-refractivity contribution in [3.63, 3.8) is 0 Å². The van der Waals surface area contributed by atoms with Crippen molar-refractivity contribution in [3.05, 3.63) is 24.8 Å². The Morgan fingerprint density at radius 2 is 2.32 bits per heavy atom. The van der Waals surface area contributed by atoms with Gasteiger partial charge in [-0.05, 0) is 24.8 Å². The average Bonchev–Trinajstić information content (AvgIpc) is 3.11. The van der Waals surface area contributed by atoms with Crippen LogP contribution >= 0.6 is 0 Å². The Kier molecular flexibility index (Phi) is 2.82. The minimum absolute atomic E-state index is 0.101.